The molecule has 0 N–H and O–H groups in total. The normalized spacial score (nSPS) is 22.7. The minimum atomic E-state index is -0.767. The van der Waals surface area contributed by atoms with Gasteiger partial charge in [0.15, 0.2) is 0 Å². The zero-order valence-electron chi connectivity index (χ0n) is 15.8. The van der Waals surface area contributed by atoms with Gasteiger partial charge in [-0.3, -0.25) is 9.59 Å². The Morgan fingerprint density at radius 2 is 2.04 bits per heavy atom. The minimum absolute atomic E-state index is 0.0530. The number of hydrogen-bond acceptors (Lipinski definition) is 4. The maximum absolute atomic E-state index is 14.4. The molecule has 3 rings (SSSR count). The van der Waals surface area contributed by atoms with Crippen molar-refractivity contribution in [3.63, 3.8) is 0 Å². The number of methoxy groups -OCH3 is 1. The second-order valence-corrected chi connectivity index (χ2v) is 6.97. The lowest BCUT2D eigenvalue weighted by Gasteiger charge is -2.38. The summed E-state index contributed by atoms with van der Waals surface area (Å²) in [5, 5.41) is 0. The molecule has 2 saturated heterocycles. The standard InChI is InChI=1S/C20H24F2N2O4/c1-3-18(25)23-6-4-5-13(11-23)20(26)24-7-8-28-17(12-24)19-15(22)9-14(21)10-16(19)27-2/h3,9-10,13,17H,1,4-8,11-12H2,2H3. The van der Waals surface area contributed by atoms with Crippen molar-refractivity contribution in [2.75, 3.05) is 39.9 Å². The fraction of sp³-hybridized carbons (Fsp3) is 0.500. The fourth-order valence-corrected chi connectivity index (χ4v) is 3.83. The molecule has 0 spiro atoms. The summed E-state index contributed by atoms with van der Waals surface area (Å²) in [6.45, 7) is 5.21. The molecule has 2 unspecified atom stereocenters. The van der Waals surface area contributed by atoms with E-state index in [1.165, 1.54) is 13.2 Å². The zero-order valence-corrected chi connectivity index (χ0v) is 15.8. The molecule has 0 saturated carbocycles. The number of rotatable bonds is 4. The average molecular weight is 394 g/mol. The molecule has 0 aromatic heterocycles. The predicted octanol–water partition coefficient (Wildman–Crippen LogP) is 2.30. The molecule has 2 aliphatic heterocycles. The number of hydrogen-bond donors (Lipinski definition) is 0. The molecule has 28 heavy (non-hydrogen) atoms. The predicted molar refractivity (Wildman–Crippen MR) is 97.7 cm³/mol. The van der Waals surface area contributed by atoms with E-state index in [2.05, 4.69) is 6.58 Å². The number of benzene rings is 1. The summed E-state index contributed by atoms with van der Waals surface area (Å²) in [6, 6.07) is 1.88. The van der Waals surface area contributed by atoms with Crippen molar-refractivity contribution >= 4 is 11.8 Å². The first-order chi connectivity index (χ1) is 13.4. The van der Waals surface area contributed by atoms with Crippen molar-refractivity contribution in [2.24, 2.45) is 5.92 Å². The molecule has 2 fully saturated rings. The number of piperidine rings is 1. The number of carbonyl (C=O) groups is 2. The summed E-state index contributed by atoms with van der Waals surface area (Å²) in [5.74, 6) is -2.03. The molecule has 2 atom stereocenters. The van der Waals surface area contributed by atoms with E-state index in [9.17, 15) is 18.4 Å². The van der Waals surface area contributed by atoms with E-state index in [1.54, 1.807) is 9.80 Å². The van der Waals surface area contributed by atoms with Crippen LogP contribution < -0.4 is 4.74 Å². The van der Waals surface area contributed by atoms with Crippen LogP contribution in [0, 0.1) is 17.6 Å². The van der Waals surface area contributed by atoms with Crippen LogP contribution in [0.25, 0.3) is 0 Å². The molecule has 0 aliphatic carbocycles. The van der Waals surface area contributed by atoms with Gasteiger partial charge in [-0.15, -0.1) is 0 Å². The lowest BCUT2D eigenvalue weighted by molar-refractivity contribution is -0.146. The Balaban J connectivity index is 1.74. The highest BCUT2D eigenvalue weighted by Crippen LogP contribution is 2.34. The topological polar surface area (TPSA) is 59.1 Å². The van der Waals surface area contributed by atoms with E-state index < -0.39 is 17.7 Å². The highest BCUT2D eigenvalue weighted by atomic mass is 19.1. The molecule has 152 valence electrons. The smallest absolute Gasteiger partial charge is 0.245 e. The first-order valence-corrected chi connectivity index (χ1v) is 9.29. The van der Waals surface area contributed by atoms with Crippen LogP contribution in [0.5, 0.6) is 5.75 Å². The van der Waals surface area contributed by atoms with E-state index in [4.69, 9.17) is 9.47 Å². The molecule has 2 amide bonds. The van der Waals surface area contributed by atoms with Crippen LogP contribution in [-0.4, -0.2) is 61.5 Å². The first-order valence-electron chi connectivity index (χ1n) is 9.29. The number of nitrogens with zero attached hydrogens (tertiary/aromatic N) is 2. The summed E-state index contributed by atoms with van der Waals surface area (Å²) >= 11 is 0. The monoisotopic (exact) mass is 394 g/mol. The lowest BCUT2D eigenvalue weighted by Crippen LogP contribution is -2.50. The van der Waals surface area contributed by atoms with Gasteiger partial charge in [0.25, 0.3) is 0 Å². The van der Waals surface area contributed by atoms with Gasteiger partial charge in [0.1, 0.15) is 23.5 Å². The number of amides is 2. The maximum Gasteiger partial charge on any atom is 0.245 e. The maximum atomic E-state index is 14.4. The van der Waals surface area contributed by atoms with Crippen LogP contribution >= 0.6 is 0 Å². The van der Waals surface area contributed by atoms with Gasteiger partial charge in [0, 0.05) is 31.8 Å². The number of likely N-dealkylation sites (tertiary alicyclic amines) is 1. The van der Waals surface area contributed by atoms with Crippen LogP contribution in [0.3, 0.4) is 0 Å². The molecule has 2 aliphatic rings. The van der Waals surface area contributed by atoms with Gasteiger partial charge in [0.05, 0.1) is 31.7 Å². The average Bonchev–Trinajstić information content (AvgIpc) is 2.72. The van der Waals surface area contributed by atoms with Crippen molar-refractivity contribution in [1.29, 1.82) is 0 Å². The van der Waals surface area contributed by atoms with Crippen molar-refractivity contribution in [3.05, 3.63) is 42.0 Å². The van der Waals surface area contributed by atoms with Crippen LogP contribution in [0.15, 0.2) is 24.8 Å². The summed E-state index contributed by atoms with van der Waals surface area (Å²) in [5.41, 5.74) is 0.105. The van der Waals surface area contributed by atoms with Gasteiger partial charge in [-0.05, 0) is 18.9 Å². The molecule has 0 radical (unpaired) electrons. The van der Waals surface area contributed by atoms with E-state index >= 15 is 0 Å². The Morgan fingerprint density at radius 1 is 1.25 bits per heavy atom. The van der Waals surface area contributed by atoms with Gasteiger partial charge in [-0.25, -0.2) is 8.78 Å². The molecule has 1 aromatic rings. The molecule has 1 aromatic carbocycles. The van der Waals surface area contributed by atoms with Crippen LogP contribution in [0.4, 0.5) is 8.78 Å². The largest absolute Gasteiger partial charge is 0.496 e. The highest BCUT2D eigenvalue weighted by molar-refractivity contribution is 5.88. The van der Waals surface area contributed by atoms with Gasteiger partial charge < -0.3 is 19.3 Å². The molecule has 8 heteroatoms. The molecular formula is C20H24F2N2O4. The van der Waals surface area contributed by atoms with Crippen molar-refractivity contribution in [1.82, 2.24) is 9.80 Å². The SMILES string of the molecule is C=CC(=O)N1CCCC(C(=O)N2CCOC(c3c(F)cc(F)cc3OC)C2)C1. The van der Waals surface area contributed by atoms with E-state index in [-0.39, 0.29) is 42.2 Å². The third-order valence-electron chi connectivity index (χ3n) is 5.23. The number of carbonyl (C=O) groups excluding carboxylic acids is 2. The lowest BCUT2D eigenvalue weighted by atomic mass is 9.95. The Labute approximate surface area is 162 Å². The van der Waals surface area contributed by atoms with Crippen molar-refractivity contribution < 1.29 is 27.8 Å². The van der Waals surface area contributed by atoms with E-state index in [0.29, 0.717) is 26.1 Å². The summed E-state index contributed by atoms with van der Waals surface area (Å²) in [4.78, 5) is 28.1. The second kappa shape index (κ2) is 8.68. The Morgan fingerprint density at radius 3 is 2.75 bits per heavy atom. The third-order valence-corrected chi connectivity index (χ3v) is 5.23. The summed E-state index contributed by atoms with van der Waals surface area (Å²) in [6.07, 6.45) is 1.93. The van der Waals surface area contributed by atoms with Gasteiger partial charge in [-0.2, -0.15) is 0 Å². The quantitative estimate of drug-likeness (QED) is 0.736. The van der Waals surface area contributed by atoms with Crippen molar-refractivity contribution in [2.45, 2.75) is 18.9 Å². The van der Waals surface area contributed by atoms with Gasteiger partial charge in [0.2, 0.25) is 11.8 Å². The Kier molecular flexibility index (Phi) is 6.28. The third kappa shape index (κ3) is 4.16. The van der Waals surface area contributed by atoms with Crippen LogP contribution in [-0.2, 0) is 14.3 Å². The van der Waals surface area contributed by atoms with Crippen LogP contribution in [0.1, 0.15) is 24.5 Å². The second-order valence-electron chi connectivity index (χ2n) is 6.97. The first kappa shape index (κ1) is 20.3. The fourth-order valence-electron chi connectivity index (χ4n) is 3.83. The number of morpholine rings is 1. The summed E-state index contributed by atoms with van der Waals surface area (Å²) < 4.78 is 38.6. The van der Waals surface area contributed by atoms with Crippen LogP contribution in [0.2, 0.25) is 0 Å². The van der Waals surface area contributed by atoms with Crippen molar-refractivity contribution in [3.8, 4) is 5.75 Å². The molecule has 2 heterocycles. The summed E-state index contributed by atoms with van der Waals surface area (Å²) in [7, 11) is 1.33. The number of ether oxygens (including phenoxy) is 2. The molecule has 0 bridgehead atoms. The Hall–Kier alpha value is -2.48. The zero-order chi connectivity index (χ0) is 20.3. The number of halogens is 2. The minimum Gasteiger partial charge on any atom is -0.496 e. The van der Waals surface area contributed by atoms with Gasteiger partial charge in [-0.1, -0.05) is 6.58 Å². The molecular weight excluding hydrogens is 370 g/mol. The van der Waals surface area contributed by atoms with E-state index in [1.807, 2.05) is 0 Å². The highest BCUT2D eigenvalue weighted by Gasteiger charge is 2.35. The van der Waals surface area contributed by atoms with E-state index in [0.717, 1.165) is 18.6 Å². The Bertz CT molecular complexity index is 771. The van der Waals surface area contributed by atoms with Gasteiger partial charge >= 0.3 is 0 Å². The molecule has 6 nitrogen and oxygen atoms in total.